The maximum Gasteiger partial charge on any atom is 0.236 e. The minimum absolute atomic E-state index is 0.179. The molecule has 1 amide bonds. The summed E-state index contributed by atoms with van der Waals surface area (Å²) in [6.07, 6.45) is 4.32. The van der Waals surface area contributed by atoms with Crippen molar-refractivity contribution in [2.24, 2.45) is 0 Å². The molecule has 0 unspecified atom stereocenters. The van der Waals surface area contributed by atoms with Gasteiger partial charge in [0.25, 0.3) is 0 Å². The largest absolute Gasteiger partial charge is 0.336 e. The smallest absolute Gasteiger partial charge is 0.236 e. The van der Waals surface area contributed by atoms with Gasteiger partial charge in [0.15, 0.2) is 11.0 Å². The van der Waals surface area contributed by atoms with Gasteiger partial charge in [0.1, 0.15) is 0 Å². The van der Waals surface area contributed by atoms with Gasteiger partial charge < -0.3 is 9.47 Å². The van der Waals surface area contributed by atoms with Crippen LogP contribution in [0.5, 0.6) is 0 Å². The predicted octanol–water partition coefficient (Wildman–Crippen LogP) is 4.61. The molecular weight excluding hydrogens is 406 g/mol. The second-order valence-electron chi connectivity index (χ2n) is 8.93. The van der Waals surface area contributed by atoms with Crippen molar-refractivity contribution < 1.29 is 4.79 Å². The lowest BCUT2D eigenvalue weighted by Gasteiger charge is -2.40. The minimum Gasteiger partial charge on any atom is -0.336 e. The fraction of sp³-hybridized carbons (Fsp3) is 0.625. The van der Waals surface area contributed by atoms with Crippen molar-refractivity contribution in [1.29, 1.82) is 0 Å². The van der Waals surface area contributed by atoms with Crippen molar-refractivity contribution in [3.8, 4) is 0 Å². The summed E-state index contributed by atoms with van der Waals surface area (Å²) in [4.78, 5) is 17.6. The van der Waals surface area contributed by atoms with E-state index in [-0.39, 0.29) is 17.2 Å². The van der Waals surface area contributed by atoms with E-state index in [4.69, 9.17) is 0 Å². The third-order valence-corrected chi connectivity index (χ3v) is 7.38. The lowest BCUT2D eigenvalue weighted by Crippen LogP contribution is -2.50. The van der Waals surface area contributed by atoms with E-state index in [1.807, 2.05) is 13.0 Å². The Morgan fingerprint density at radius 3 is 2.39 bits per heavy atom. The standard InChI is InChI=1S/C24H37N5OS/c1-7-21(27(5)6)22-25-26-24(28(22)16-20-14-9-8-10-15-20)31-19(4)23(30)29-17(2)12-11-13-18(29)3/h8-10,14-15,17-19,21H,7,11-13,16H2,1-6H3/t17-,18-,19-,21-/m1/s1. The van der Waals surface area contributed by atoms with E-state index in [1.54, 1.807) is 0 Å². The zero-order valence-corrected chi connectivity index (χ0v) is 20.6. The lowest BCUT2D eigenvalue weighted by molar-refractivity contribution is -0.136. The van der Waals surface area contributed by atoms with E-state index in [0.717, 1.165) is 30.2 Å². The van der Waals surface area contributed by atoms with Crippen LogP contribution in [-0.2, 0) is 11.3 Å². The average Bonchev–Trinajstić information content (AvgIpc) is 3.10. The SMILES string of the molecule is CC[C@H](c1nnc(S[C@H](C)C(=O)N2[C@H](C)CCC[C@H]2C)n1Cc1ccccc1)N(C)C. The maximum atomic E-state index is 13.3. The van der Waals surface area contributed by atoms with Crippen LogP contribution in [-0.4, -0.2) is 61.9 Å². The summed E-state index contributed by atoms with van der Waals surface area (Å²) in [5, 5.41) is 9.75. The molecule has 0 aliphatic carbocycles. The van der Waals surface area contributed by atoms with E-state index < -0.39 is 0 Å². The molecule has 31 heavy (non-hydrogen) atoms. The van der Waals surface area contributed by atoms with Crippen molar-refractivity contribution in [1.82, 2.24) is 24.6 Å². The first-order valence-corrected chi connectivity index (χ1v) is 12.3. The van der Waals surface area contributed by atoms with Crippen molar-refractivity contribution in [2.75, 3.05) is 14.1 Å². The molecule has 2 aromatic rings. The fourth-order valence-corrected chi connectivity index (χ4v) is 5.51. The number of thioether (sulfide) groups is 1. The molecule has 1 aromatic carbocycles. The number of hydrogen-bond acceptors (Lipinski definition) is 5. The summed E-state index contributed by atoms with van der Waals surface area (Å²) in [6, 6.07) is 11.2. The van der Waals surface area contributed by atoms with Crippen LogP contribution >= 0.6 is 11.8 Å². The normalized spacial score (nSPS) is 21.3. The highest BCUT2D eigenvalue weighted by molar-refractivity contribution is 8.00. The van der Waals surface area contributed by atoms with Crippen LogP contribution in [0.3, 0.4) is 0 Å². The number of hydrogen-bond donors (Lipinski definition) is 0. The molecule has 2 heterocycles. The Labute approximate surface area is 191 Å². The summed E-state index contributed by atoms with van der Waals surface area (Å²) >= 11 is 1.54. The Bertz CT molecular complexity index is 843. The van der Waals surface area contributed by atoms with Crippen molar-refractivity contribution in [3.05, 3.63) is 41.7 Å². The molecule has 1 aliphatic heterocycles. The molecule has 0 spiro atoms. The number of aromatic nitrogens is 3. The van der Waals surface area contributed by atoms with Crippen LogP contribution in [0.4, 0.5) is 0 Å². The molecular formula is C24H37N5OS. The van der Waals surface area contributed by atoms with E-state index in [1.165, 1.54) is 23.7 Å². The van der Waals surface area contributed by atoms with Crippen molar-refractivity contribution >= 4 is 17.7 Å². The zero-order valence-electron chi connectivity index (χ0n) is 19.8. The number of amides is 1. The molecule has 1 aliphatic rings. The summed E-state index contributed by atoms with van der Waals surface area (Å²) in [7, 11) is 4.15. The first kappa shape index (κ1) is 23.8. The van der Waals surface area contributed by atoms with E-state index in [0.29, 0.717) is 18.6 Å². The Hall–Kier alpha value is -1.86. The van der Waals surface area contributed by atoms with E-state index in [2.05, 4.69) is 83.7 Å². The zero-order chi connectivity index (χ0) is 22.5. The monoisotopic (exact) mass is 443 g/mol. The molecule has 170 valence electrons. The number of piperidine rings is 1. The van der Waals surface area contributed by atoms with Crippen LogP contribution < -0.4 is 0 Å². The van der Waals surface area contributed by atoms with Gasteiger partial charge in [0, 0.05) is 12.1 Å². The van der Waals surface area contributed by atoms with Gasteiger partial charge in [-0.05, 0) is 66.1 Å². The van der Waals surface area contributed by atoms with Gasteiger partial charge in [0.2, 0.25) is 5.91 Å². The average molecular weight is 444 g/mol. The summed E-state index contributed by atoms with van der Waals surface area (Å²) in [5.74, 6) is 1.17. The summed E-state index contributed by atoms with van der Waals surface area (Å²) in [6.45, 7) is 9.22. The predicted molar refractivity (Wildman–Crippen MR) is 127 cm³/mol. The molecule has 6 nitrogen and oxygen atoms in total. The molecule has 1 aromatic heterocycles. The third-order valence-electron chi connectivity index (χ3n) is 6.32. The minimum atomic E-state index is -0.200. The van der Waals surface area contributed by atoms with Gasteiger partial charge in [-0.2, -0.15) is 0 Å². The Morgan fingerprint density at radius 1 is 1.16 bits per heavy atom. The van der Waals surface area contributed by atoms with Gasteiger partial charge in [-0.1, -0.05) is 49.0 Å². The molecule has 0 radical (unpaired) electrons. The molecule has 4 atom stereocenters. The van der Waals surface area contributed by atoms with Crippen LogP contribution in [0.1, 0.15) is 70.8 Å². The second-order valence-corrected chi connectivity index (χ2v) is 10.2. The number of benzene rings is 1. The highest BCUT2D eigenvalue weighted by Gasteiger charge is 2.33. The van der Waals surface area contributed by atoms with Crippen LogP contribution in [0.25, 0.3) is 0 Å². The quantitative estimate of drug-likeness (QED) is 0.558. The van der Waals surface area contributed by atoms with E-state index >= 15 is 0 Å². The van der Waals surface area contributed by atoms with Gasteiger partial charge in [-0.15, -0.1) is 10.2 Å². The highest BCUT2D eigenvalue weighted by Crippen LogP contribution is 2.31. The molecule has 1 fully saturated rings. The third kappa shape index (κ3) is 5.50. The summed E-state index contributed by atoms with van der Waals surface area (Å²) in [5.41, 5.74) is 1.20. The lowest BCUT2D eigenvalue weighted by atomic mass is 9.97. The topological polar surface area (TPSA) is 54.3 Å². The van der Waals surface area contributed by atoms with Gasteiger partial charge >= 0.3 is 0 Å². The van der Waals surface area contributed by atoms with Crippen LogP contribution in [0, 0.1) is 0 Å². The molecule has 0 bridgehead atoms. The summed E-state index contributed by atoms with van der Waals surface area (Å²) < 4.78 is 2.20. The van der Waals surface area contributed by atoms with Gasteiger partial charge in [0.05, 0.1) is 17.8 Å². The second kappa shape index (κ2) is 10.6. The molecule has 0 saturated carbocycles. The van der Waals surface area contributed by atoms with Crippen LogP contribution in [0.15, 0.2) is 35.5 Å². The van der Waals surface area contributed by atoms with Gasteiger partial charge in [-0.3, -0.25) is 9.69 Å². The number of carbonyl (C=O) groups is 1. The number of carbonyl (C=O) groups excluding carboxylic acids is 1. The number of likely N-dealkylation sites (tertiary alicyclic amines) is 1. The number of nitrogens with zero attached hydrogens (tertiary/aromatic N) is 5. The highest BCUT2D eigenvalue weighted by atomic mass is 32.2. The van der Waals surface area contributed by atoms with Crippen LogP contribution in [0.2, 0.25) is 0 Å². The molecule has 3 rings (SSSR count). The Morgan fingerprint density at radius 2 is 1.81 bits per heavy atom. The molecule has 0 N–H and O–H groups in total. The first-order valence-electron chi connectivity index (χ1n) is 11.5. The molecule has 1 saturated heterocycles. The number of rotatable bonds is 8. The van der Waals surface area contributed by atoms with E-state index in [9.17, 15) is 4.79 Å². The molecule has 7 heteroatoms. The van der Waals surface area contributed by atoms with Crippen molar-refractivity contribution in [2.45, 2.75) is 88.5 Å². The fourth-order valence-electron chi connectivity index (χ4n) is 4.60. The van der Waals surface area contributed by atoms with Crippen molar-refractivity contribution in [3.63, 3.8) is 0 Å². The van der Waals surface area contributed by atoms with Gasteiger partial charge in [-0.25, -0.2) is 0 Å². The Balaban J connectivity index is 1.87. The maximum absolute atomic E-state index is 13.3. The Kier molecular flexibility index (Phi) is 8.17. The first-order chi connectivity index (χ1) is 14.8.